The zero-order valence-electron chi connectivity index (χ0n) is 11.5. The van der Waals surface area contributed by atoms with Gasteiger partial charge in [-0.25, -0.2) is 4.98 Å². The van der Waals surface area contributed by atoms with Crippen LogP contribution >= 0.6 is 0 Å². The monoisotopic (exact) mass is 257 g/mol. The van der Waals surface area contributed by atoms with Crippen LogP contribution in [0.5, 0.6) is 0 Å². The molecule has 100 valence electrons. The first kappa shape index (κ1) is 13.1. The van der Waals surface area contributed by atoms with E-state index in [2.05, 4.69) is 32.4 Å². The zero-order valence-corrected chi connectivity index (χ0v) is 11.5. The number of aliphatic imine (C=N–C) groups is 1. The Morgan fingerprint density at radius 2 is 2.11 bits per heavy atom. The van der Waals surface area contributed by atoms with Crippen LogP contribution in [0.25, 0.3) is 11.3 Å². The lowest BCUT2D eigenvalue weighted by Crippen LogP contribution is -2.36. The molecule has 2 rings (SSSR count). The maximum Gasteiger partial charge on any atom is 0.193 e. The summed E-state index contributed by atoms with van der Waals surface area (Å²) in [4.78, 5) is 13.9. The van der Waals surface area contributed by atoms with Gasteiger partial charge in [-0.2, -0.15) is 0 Å². The fourth-order valence-electron chi connectivity index (χ4n) is 1.98. The highest BCUT2D eigenvalue weighted by atomic mass is 15.3. The number of aromatic nitrogens is 2. The quantitative estimate of drug-likeness (QED) is 0.650. The molecule has 1 heterocycles. The Kier molecular flexibility index (Phi) is 4.18. The fourth-order valence-corrected chi connectivity index (χ4v) is 1.98. The van der Waals surface area contributed by atoms with Crippen LogP contribution in [0.4, 0.5) is 0 Å². The van der Waals surface area contributed by atoms with Crippen molar-refractivity contribution < 1.29 is 0 Å². The average molecular weight is 257 g/mol. The van der Waals surface area contributed by atoms with Gasteiger partial charge in [0.1, 0.15) is 5.82 Å². The topological polar surface area (TPSA) is 56.3 Å². The molecule has 0 aliphatic carbocycles. The van der Waals surface area contributed by atoms with Crippen LogP contribution in [0, 0.1) is 0 Å². The second kappa shape index (κ2) is 6.04. The van der Waals surface area contributed by atoms with E-state index >= 15 is 0 Å². The summed E-state index contributed by atoms with van der Waals surface area (Å²) in [7, 11) is 5.60. The van der Waals surface area contributed by atoms with Gasteiger partial charge in [-0.05, 0) is 5.56 Å². The van der Waals surface area contributed by atoms with Gasteiger partial charge >= 0.3 is 0 Å². The van der Waals surface area contributed by atoms with Crippen molar-refractivity contribution in [3.63, 3.8) is 0 Å². The normalized spacial score (nSPS) is 11.4. The van der Waals surface area contributed by atoms with Crippen LogP contribution in [-0.2, 0) is 6.54 Å². The second-order valence-electron chi connectivity index (χ2n) is 4.26. The maximum absolute atomic E-state index is 4.40. The summed E-state index contributed by atoms with van der Waals surface area (Å²) >= 11 is 0. The third kappa shape index (κ3) is 3.13. The predicted molar refractivity (Wildman–Crippen MR) is 77.9 cm³/mol. The summed E-state index contributed by atoms with van der Waals surface area (Å²) in [5.41, 5.74) is 2.17. The summed E-state index contributed by atoms with van der Waals surface area (Å²) < 4.78 is 0. The zero-order chi connectivity index (χ0) is 13.7. The minimum Gasteiger partial charge on any atom is -0.359 e. The molecule has 0 unspecified atom stereocenters. The van der Waals surface area contributed by atoms with Crippen LogP contribution in [0.3, 0.4) is 0 Å². The van der Waals surface area contributed by atoms with E-state index in [0.29, 0.717) is 6.54 Å². The molecule has 0 aliphatic rings. The Labute approximate surface area is 113 Å². The van der Waals surface area contributed by atoms with Crippen LogP contribution < -0.4 is 5.32 Å². The predicted octanol–water partition coefficient (Wildman–Crippen LogP) is 1.71. The summed E-state index contributed by atoms with van der Waals surface area (Å²) in [6.07, 6.45) is 1.86. The van der Waals surface area contributed by atoms with Gasteiger partial charge in [-0.3, -0.25) is 4.99 Å². The van der Waals surface area contributed by atoms with E-state index in [4.69, 9.17) is 0 Å². The highest BCUT2D eigenvalue weighted by molar-refractivity contribution is 5.79. The Bertz CT molecular complexity index is 544. The second-order valence-corrected chi connectivity index (χ2v) is 4.26. The molecule has 2 aromatic rings. The Morgan fingerprint density at radius 1 is 1.37 bits per heavy atom. The lowest BCUT2D eigenvalue weighted by Gasteiger charge is -2.18. The number of aromatic amines is 1. The molecule has 0 radical (unpaired) electrons. The molecule has 1 aromatic carbocycles. The lowest BCUT2D eigenvalue weighted by atomic mass is 10.2. The largest absolute Gasteiger partial charge is 0.359 e. The van der Waals surface area contributed by atoms with Crippen molar-refractivity contribution in [3.8, 4) is 11.3 Å². The van der Waals surface area contributed by atoms with E-state index in [0.717, 1.165) is 23.0 Å². The SMILES string of the molecule is CN=C(NC)N(C)Cc1ncc(-c2ccccc2)[nH]1. The molecular formula is C14H19N5. The van der Waals surface area contributed by atoms with E-state index in [9.17, 15) is 0 Å². The van der Waals surface area contributed by atoms with E-state index in [-0.39, 0.29) is 0 Å². The molecule has 19 heavy (non-hydrogen) atoms. The van der Waals surface area contributed by atoms with Crippen molar-refractivity contribution in [3.05, 3.63) is 42.4 Å². The maximum atomic E-state index is 4.40. The minimum atomic E-state index is 0.681. The number of rotatable bonds is 3. The first-order valence-corrected chi connectivity index (χ1v) is 6.19. The molecule has 0 atom stereocenters. The van der Waals surface area contributed by atoms with E-state index in [1.54, 1.807) is 7.05 Å². The number of guanidine groups is 1. The molecule has 0 fully saturated rings. The van der Waals surface area contributed by atoms with Gasteiger partial charge in [0.25, 0.3) is 0 Å². The molecule has 5 nitrogen and oxygen atoms in total. The molecule has 0 amide bonds. The summed E-state index contributed by atoms with van der Waals surface area (Å²) in [6, 6.07) is 10.2. The number of nitrogens with one attached hydrogen (secondary N) is 2. The van der Waals surface area contributed by atoms with Crippen molar-refractivity contribution >= 4 is 5.96 Å². The molecule has 5 heteroatoms. The number of H-pyrrole nitrogens is 1. The van der Waals surface area contributed by atoms with Crippen molar-refractivity contribution in [2.45, 2.75) is 6.54 Å². The average Bonchev–Trinajstić information content (AvgIpc) is 2.89. The first-order valence-electron chi connectivity index (χ1n) is 6.19. The summed E-state index contributed by atoms with van der Waals surface area (Å²) in [6.45, 7) is 0.681. The third-order valence-corrected chi connectivity index (χ3v) is 2.90. The number of nitrogens with zero attached hydrogens (tertiary/aromatic N) is 3. The smallest absolute Gasteiger partial charge is 0.193 e. The molecule has 0 aliphatic heterocycles. The van der Waals surface area contributed by atoms with Crippen LogP contribution in [0.1, 0.15) is 5.82 Å². The van der Waals surface area contributed by atoms with E-state index in [1.807, 2.05) is 43.4 Å². The third-order valence-electron chi connectivity index (χ3n) is 2.90. The molecule has 0 bridgehead atoms. The molecule has 0 spiro atoms. The van der Waals surface area contributed by atoms with Gasteiger partial charge < -0.3 is 15.2 Å². The summed E-state index contributed by atoms with van der Waals surface area (Å²) in [5.74, 6) is 1.75. The van der Waals surface area contributed by atoms with Gasteiger partial charge in [-0.15, -0.1) is 0 Å². The number of hydrogen-bond acceptors (Lipinski definition) is 2. The van der Waals surface area contributed by atoms with Crippen LogP contribution in [0.15, 0.2) is 41.5 Å². The van der Waals surface area contributed by atoms with Gasteiger partial charge in [0.05, 0.1) is 18.4 Å². The minimum absolute atomic E-state index is 0.681. The van der Waals surface area contributed by atoms with Gasteiger partial charge in [0.2, 0.25) is 0 Å². The van der Waals surface area contributed by atoms with Gasteiger partial charge in [-0.1, -0.05) is 30.3 Å². The van der Waals surface area contributed by atoms with Gasteiger partial charge in [0.15, 0.2) is 5.96 Å². The Hall–Kier alpha value is -2.30. The van der Waals surface area contributed by atoms with Crippen molar-refractivity contribution in [1.82, 2.24) is 20.2 Å². The molecule has 0 saturated carbocycles. The first-order chi connectivity index (χ1) is 9.24. The molecule has 0 saturated heterocycles. The Balaban J connectivity index is 2.10. The lowest BCUT2D eigenvalue weighted by molar-refractivity contribution is 0.469. The van der Waals surface area contributed by atoms with Gasteiger partial charge in [0, 0.05) is 21.1 Å². The van der Waals surface area contributed by atoms with E-state index < -0.39 is 0 Å². The van der Waals surface area contributed by atoms with Crippen molar-refractivity contribution in [2.24, 2.45) is 4.99 Å². The van der Waals surface area contributed by atoms with E-state index in [1.165, 1.54) is 0 Å². The molecular weight excluding hydrogens is 238 g/mol. The summed E-state index contributed by atoms with van der Waals surface area (Å²) in [5, 5.41) is 3.04. The van der Waals surface area contributed by atoms with Crippen molar-refractivity contribution in [2.75, 3.05) is 21.1 Å². The Morgan fingerprint density at radius 3 is 2.74 bits per heavy atom. The van der Waals surface area contributed by atoms with Crippen LogP contribution in [-0.4, -0.2) is 42.0 Å². The number of hydrogen-bond donors (Lipinski definition) is 2. The fraction of sp³-hybridized carbons (Fsp3) is 0.286. The molecule has 1 aromatic heterocycles. The standard InChI is InChI=1S/C14H19N5/c1-15-14(16-2)19(3)10-13-17-9-12(18-13)11-7-5-4-6-8-11/h4-9H,10H2,1-3H3,(H,15,16)(H,17,18). The van der Waals surface area contributed by atoms with Crippen LogP contribution in [0.2, 0.25) is 0 Å². The number of benzene rings is 1. The number of imidazole rings is 1. The highest BCUT2D eigenvalue weighted by Crippen LogP contribution is 2.16. The van der Waals surface area contributed by atoms with Crippen molar-refractivity contribution in [1.29, 1.82) is 0 Å². The molecule has 2 N–H and O–H groups in total. The highest BCUT2D eigenvalue weighted by Gasteiger charge is 2.08.